The highest BCUT2D eigenvalue weighted by Gasteiger charge is 2.28. The molecule has 1 atom stereocenters. The Morgan fingerprint density at radius 3 is 2.59 bits per heavy atom. The number of rotatable bonds is 7. The number of carbonyl (C=O) groups excluding carboxylic acids is 2. The van der Waals surface area contributed by atoms with Gasteiger partial charge in [0.25, 0.3) is 5.91 Å². The third kappa shape index (κ3) is 4.63. The maximum atomic E-state index is 13.2. The van der Waals surface area contributed by atoms with Gasteiger partial charge in [-0.3, -0.25) is 4.79 Å². The fourth-order valence-corrected chi connectivity index (χ4v) is 3.48. The maximum absolute atomic E-state index is 13.2. The van der Waals surface area contributed by atoms with E-state index in [0.717, 1.165) is 0 Å². The minimum absolute atomic E-state index is 0.0157. The van der Waals surface area contributed by atoms with Crippen molar-refractivity contribution in [2.45, 2.75) is 13.0 Å². The largest absolute Gasteiger partial charge is 0.492 e. The number of carbonyl (C=O) groups is 2. The van der Waals surface area contributed by atoms with E-state index in [0.29, 0.717) is 35.1 Å². The summed E-state index contributed by atoms with van der Waals surface area (Å²) in [7, 11) is 0. The average Bonchev–Trinajstić information content (AvgIpc) is 3.29. The summed E-state index contributed by atoms with van der Waals surface area (Å²) in [6, 6.07) is 18.7. The molecular formula is C24H20ClNO6. The first-order valence-corrected chi connectivity index (χ1v) is 10.3. The van der Waals surface area contributed by atoms with E-state index < -0.39 is 18.0 Å². The third-order valence-electron chi connectivity index (χ3n) is 4.67. The first kappa shape index (κ1) is 21.5. The molecule has 0 bridgehead atoms. The molecule has 0 aliphatic carbocycles. The van der Waals surface area contributed by atoms with Gasteiger partial charge in [-0.25, -0.2) is 4.79 Å². The van der Waals surface area contributed by atoms with Gasteiger partial charge in [-0.2, -0.15) is 0 Å². The van der Waals surface area contributed by atoms with Crippen molar-refractivity contribution >= 4 is 29.2 Å². The van der Waals surface area contributed by atoms with Gasteiger partial charge in [-0.1, -0.05) is 54.1 Å². The van der Waals surface area contributed by atoms with E-state index in [1.165, 1.54) is 12.1 Å². The van der Waals surface area contributed by atoms with Gasteiger partial charge < -0.3 is 24.3 Å². The molecule has 1 heterocycles. The van der Waals surface area contributed by atoms with Crippen LogP contribution in [0.15, 0.2) is 66.7 Å². The fourth-order valence-electron chi connectivity index (χ4n) is 3.21. The first-order chi connectivity index (χ1) is 15.6. The molecule has 7 nitrogen and oxygen atoms in total. The predicted molar refractivity (Wildman–Crippen MR) is 118 cm³/mol. The van der Waals surface area contributed by atoms with Crippen molar-refractivity contribution in [3.8, 4) is 17.2 Å². The molecule has 4 rings (SSSR count). The number of nitrogens with one attached hydrogen (secondary N) is 1. The van der Waals surface area contributed by atoms with E-state index >= 15 is 0 Å². The number of amides is 1. The van der Waals surface area contributed by atoms with E-state index in [-0.39, 0.29) is 17.4 Å². The van der Waals surface area contributed by atoms with Crippen LogP contribution in [-0.2, 0) is 9.53 Å². The zero-order chi connectivity index (χ0) is 22.5. The van der Waals surface area contributed by atoms with Crippen molar-refractivity contribution in [2.24, 2.45) is 0 Å². The lowest BCUT2D eigenvalue weighted by Crippen LogP contribution is -2.26. The number of ether oxygens (including phenoxy) is 4. The molecule has 1 unspecified atom stereocenters. The first-order valence-electron chi connectivity index (χ1n) is 9.94. The van der Waals surface area contributed by atoms with Crippen LogP contribution in [0, 0.1) is 0 Å². The van der Waals surface area contributed by atoms with Gasteiger partial charge in [-0.15, -0.1) is 0 Å². The molecule has 1 aliphatic rings. The molecule has 1 amide bonds. The van der Waals surface area contributed by atoms with E-state index in [4.69, 9.17) is 30.5 Å². The molecule has 1 N–H and O–H groups in total. The highest BCUT2D eigenvalue weighted by Crippen LogP contribution is 2.40. The summed E-state index contributed by atoms with van der Waals surface area (Å²) in [5.74, 6) is -0.0243. The Balaban J connectivity index is 1.60. The molecule has 0 radical (unpaired) electrons. The number of hydrogen-bond acceptors (Lipinski definition) is 6. The van der Waals surface area contributed by atoms with Crippen LogP contribution < -0.4 is 19.5 Å². The molecule has 1 aliphatic heterocycles. The number of para-hydroxylation sites is 2. The van der Waals surface area contributed by atoms with E-state index in [9.17, 15) is 9.59 Å². The summed E-state index contributed by atoms with van der Waals surface area (Å²) in [6.45, 7) is 2.31. The van der Waals surface area contributed by atoms with Gasteiger partial charge in [0.15, 0.2) is 11.5 Å². The van der Waals surface area contributed by atoms with Gasteiger partial charge in [-0.05, 0) is 31.2 Å². The Bertz CT molecular complexity index is 1130. The lowest BCUT2D eigenvalue weighted by atomic mass is 10.1. The Hall–Kier alpha value is -3.71. The van der Waals surface area contributed by atoms with Crippen LogP contribution in [0.25, 0.3) is 0 Å². The maximum Gasteiger partial charge on any atom is 0.339 e. The molecule has 3 aromatic rings. The summed E-state index contributed by atoms with van der Waals surface area (Å²) in [5, 5.41) is 3.01. The summed E-state index contributed by atoms with van der Waals surface area (Å²) in [4.78, 5) is 26.1. The van der Waals surface area contributed by atoms with Crippen molar-refractivity contribution in [2.75, 3.05) is 18.7 Å². The molecule has 0 spiro atoms. The Morgan fingerprint density at radius 1 is 1.06 bits per heavy atom. The van der Waals surface area contributed by atoms with Crippen molar-refractivity contribution in [3.63, 3.8) is 0 Å². The average molecular weight is 454 g/mol. The lowest BCUT2D eigenvalue weighted by molar-refractivity contribution is -0.125. The van der Waals surface area contributed by atoms with Gasteiger partial charge in [0.2, 0.25) is 12.9 Å². The van der Waals surface area contributed by atoms with Crippen molar-refractivity contribution in [1.82, 2.24) is 0 Å². The Labute approximate surface area is 189 Å². The monoisotopic (exact) mass is 453 g/mol. The minimum Gasteiger partial charge on any atom is -0.492 e. The number of fused-ring (bicyclic) bond motifs is 1. The Kier molecular flexibility index (Phi) is 6.47. The number of halogens is 1. The molecule has 3 aromatic carbocycles. The molecule has 164 valence electrons. The molecule has 32 heavy (non-hydrogen) atoms. The second kappa shape index (κ2) is 9.62. The second-order valence-electron chi connectivity index (χ2n) is 6.81. The Morgan fingerprint density at radius 2 is 1.81 bits per heavy atom. The van der Waals surface area contributed by atoms with E-state index in [2.05, 4.69) is 5.32 Å². The molecule has 0 saturated carbocycles. The predicted octanol–water partition coefficient (Wildman–Crippen LogP) is 5.00. The van der Waals surface area contributed by atoms with Crippen LogP contribution in [0.5, 0.6) is 17.2 Å². The van der Waals surface area contributed by atoms with Crippen LogP contribution >= 0.6 is 11.6 Å². The number of hydrogen-bond donors (Lipinski definition) is 1. The van der Waals surface area contributed by atoms with E-state index in [1.54, 1.807) is 48.5 Å². The van der Waals surface area contributed by atoms with Gasteiger partial charge in [0.05, 0.1) is 22.9 Å². The number of benzene rings is 3. The summed E-state index contributed by atoms with van der Waals surface area (Å²) < 4.78 is 21.8. The quantitative estimate of drug-likeness (QED) is 0.507. The molecule has 0 saturated heterocycles. The van der Waals surface area contributed by atoms with E-state index in [1.807, 2.05) is 13.0 Å². The summed E-state index contributed by atoms with van der Waals surface area (Å²) in [5.41, 5.74) is 1.13. The number of anilines is 1. The van der Waals surface area contributed by atoms with Crippen LogP contribution in [0.1, 0.15) is 28.9 Å². The van der Waals surface area contributed by atoms with Gasteiger partial charge in [0.1, 0.15) is 5.75 Å². The lowest BCUT2D eigenvalue weighted by Gasteiger charge is -2.19. The normalized spacial score (nSPS) is 12.7. The summed E-state index contributed by atoms with van der Waals surface area (Å²) in [6.07, 6.45) is -1.21. The van der Waals surface area contributed by atoms with Crippen LogP contribution in [0.4, 0.5) is 5.69 Å². The zero-order valence-electron chi connectivity index (χ0n) is 17.2. The number of esters is 1. The molecule has 8 heteroatoms. The van der Waals surface area contributed by atoms with Gasteiger partial charge in [0, 0.05) is 5.56 Å². The van der Waals surface area contributed by atoms with Crippen molar-refractivity contribution in [1.29, 1.82) is 0 Å². The van der Waals surface area contributed by atoms with Crippen LogP contribution in [0.2, 0.25) is 5.02 Å². The van der Waals surface area contributed by atoms with Crippen LogP contribution in [-0.4, -0.2) is 25.3 Å². The fraction of sp³-hybridized carbons (Fsp3) is 0.167. The van der Waals surface area contributed by atoms with Crippen LogP contribution in [0.3, 0.4) is 0 Å². The highest BCUT2D eigenvalue weighted by molar-refractivity contribution is 6.32. The zero-order valence-corrected chi connectivity index (χ0v) is 17.9. The molecule has 0 fully saturated rings. The second-order valence-corrected chi connectivity index (χ2v) is 7.21. The standard InChI is InChI=1S/C24H20ClNO6/c1-2-29-19-11-7-6-10-18(19)26-23(27)21(15-8-4-3-5-9-15)32-24(28)16-12-17(25)22-20(13-16)30-14-31-22/h3-13,21H,2,14H2,1H3,(H,26,27). The van der Waals surface area contributed by atoms with Crippen molar-refractivity contribution < 1.29 is 28.5 Å². The summed E-state index contributed by atoms with van der Waals surface area (Å²) >= 11 is 6.18. The minimum atomic E-state index is -1.21. The third-order valence-corrected chi connectivity index (χ3v) is 4.95. The van der Waals surface area contributed by atoms with Crippen molar-refractivity contribution in [3.05, 3.63) is 82.9 Å². The van der Waals surface area contributed by atoms with Gasteiger partial charge >= 0.3 is 5.97 Å². The molecule has 0 aromatic heterocycles. The smallest absolute Gasteiger partial charge is 0.339 e. The topological polar surface area (TPSA) is 83.1 Å². The highest BCUT2D eigenvalue weighted by atomic mass is 35.5. The molecular weight excluding hydrogens is 434 g/mol. The SMILES string of the molecule is CCOc1ccccc1NC(=O)C(OC(=O)c1cc(Cl)c2c(c1)OCO2)c1ccccc1.